The van der Waals surface area contributed by atoms with E-state index in [-0.39, 0.29) is 6.61 Å². The van der Waals surface area contributed by atoms with Gasteiger partial charge in [-0.25, -0.2) is 0 Å². The molecule has 0 aliphatic carbocycles. The molecule has 2 rings (SSSR count). The minimum absolute atomic E-state index is 0.0139. The Morgan fingerprint density at radius 3 is 2.53 bits per heavy atom. The molecule has 1 heterocycles. The molecular formula is C15H17BrN2O. The van der Waals surface area contributed by atoms with Crippen LogP contribution in [0.15, 0.2) is 53.3 Å². The van der Waals surface area contributed by atoms with Gasteiger partial charge in [-0.15, -0.1) is 0 Å². The lowest BCUT2D eigenvalue weighted by Crippen LogP contribution is -2.41. The first kappa shape index (κ1) is 14.2. The Hall–Kier alpha value is -1.23. The molecule has 1 atom stereocenters. The number of halogens is 1. The van der Waals surface area contributed by atoms with E-state index in [1.54, 1.807) is 6.20 Å². The Morgan fingerprint density at radius 2 is 1.95 bits per heavy atom. The molecule has 0 amide bonds. The summed E-state index contributed by atoms with van der Waals surface area (Å²) in [5, 5.41) is 9.85. The zero-order chi connectivity index (χ0) is 13.7. The highest BCUT2D eigenvalue weighted by molar-refractivity contribution is 9.10. The van der Waals surface area contributed by atoms with Gasteiger partial charge in [0.05, 0.1) is 6.61 Å². The Morgan fingerprint density at radius 1 is 1.21 bits per heavy atom. The summed E-state index contributed by atoms with van der Waals surface area (Å²) in [5.41, 5.74) is 7.60. The largest absolute Gasteiger partial charge is 0.395 e. The molecule has 0 saturated carbocycles. The van der Waals surface area contributed by atoms with E-state index in [0.717, 1.165) is 15.6 Å². The lowest BCUT2D eigenvalue weighted by atomic mass is 9.76. The van der Waals surface area contributed by atoms with E-state index >= 15 is 0 Å². The average Bonchev–Trinajstić information content (AvgIpc) is 2.46. The van der Waals surface area contributed by atoms with Crippen LogP contribution < -0.4 is 5.73 Å². The average molecular weight is 321 g/mol. The highest BCUT2D eigenvalue weighted by Crippen LogP contribution is 2.27. The van der Waals surface area contributed by atoms with Crippen LogP contribution in [0.1, 0.15) is 11.1 Å². The second-order valence-electron chi connectivity index (χ2n) is 4.70. The van der Waals surface area contributed by atoms with Gasteiger partial charge >= 0.3 is 0 Å². The van der Waals surface area contributed by atoms with E-state index in [4.69, 9.17) is 5.73 Å². The van der Waals surface area contributed by atoms with Gasteiger partial charge in [-0.2, -0.15) is 0 Å². The fourth-order valence-corrected chi connectivity index (χ4v) is 2.65. The quantitative estimate of drug-likeness (QED) is 0.888. The van der Waals surface area contributed by atoms with Crippen molar-refractivity contribution >= 4 is 15.9 Å². The van der Waals surface area contributed by atoms with Crippen molar-refractivity contribution in [2.24, 2.45) is 5.73 Å². The summed E-state index contributed by atoms with van der Waals surface area (Å²) in [6.07, 6.45) is 4.22. The summed E-state index contributed by atoms with van der Waals surface area (Å²) in [6.45, 7) is 0.403. The van der Waals surface area contributed by atoms with Gasteiger partial charge in [-0.3, -0.25) is 4.98 Å². The number of benzene rings is 1. The van der Waals surface area contributed by atoms with E-state index in [1.165, 1.54) is 0 Å². The molecule has 3 N–H and O–H groups in total. The summed E-state index contributed by atoms with van der Waals surface area (Å²) in [6, 6.07) is 11.9. The SMILES string of the molecule is NCC(CO)(Cc1cncc(Br)c1)c1ccccc1. The zero-order valence-electron chi connectivity index (χ0n) is 10.6. The molecule has 0 aliphatic heterocycles. The molecule has 2 aromatic rings. The van der Waals surface area contributed by atoms with Crippen molar-refractivity contribution in [2.45, 2.75) is 11.8 Å². The number of hydrogen-bond donors (Lipinski definition) is 2. The van der Waals surface area contributed by atoms with Crippen molar-refractivity contribution in [3.63, 3.8) is 0 Å². The van der Waals surface area contributed by atoms with E-state index in [9.17, 15) is 5.11 Å². The van der Waals surface area contributed by atoms with Crippen molar-refractivity contribution in [1.29, 1.82) is 0 Å². The first-order valence-electron chi connectivity index (χ1n) is 6.16. The van der Waals surface area contributed by atoms with E-state index < -0.39 is 5.41 Å². The Labute approximate surface area is 121 Å². The van der Waals surface area contributed by atoms with Gasteiger partial charge in [0.25, 0.3) is 0 Å². The predicted octanol–water partition coefficient (Wildman–Crippen LogP) is 2.28. The molecular weight excluding hydrogens is 304 g/mol. The lowest BCUT2D eigenvalue weighted by molar-refractivity contribution is 0.196. The minimum atomic E-state index is -0.455. The second-order valence-corrected chi connectivity index (χ2v) is 5.61. The number of pyridine rings is 1. The maximum atomic E-state index is 9.85. The van der Waals surface area contributed by atoms with Crippen molar-refractivity contribution < 1.29 is 5.11 Å². The fourth-order valence-electron chi connectivity index (χ4n) is 2.24. The predicted molar refractivity (Wildman–Crippen MR) is 79.9 cm³/mol. The fraction of sp³-hybridized carbons (Fsp3) is 0.267. The van der Waals surface area contributed by atoms with Gasteiger partial charge < -0.3 is 10.8 Å². The number of nitrogens with two attached hydrogens (primary N) is 1. The van der Waals surface area contributed by atoms with Crippen molar-refractivity contribution in [2.75, 3.05) is 13.2 Å². The number of hydrogen-bond acceptors (Lipinski definition) is 3. The zero-order valence-corrected chi connectivity index (χ0v) is 12.2. The number of nitrogens with zero attached hydrogens (tertiary/aromatic N) is 1. The lowest BCUT2D eigenvalue weighted by Gasteiger charge is -2.31. The van der Waals surface area contributed by atoms with Crippen LogP contribution in [0.3, 0.4) is 0 Å². The van der Waals surface area contributed by atoms with E-state index in [1.807, 2.05) is 42.6 Å². The molecule has 0 bridgehead atoms. The normalized spacial score (nSPS) is 14.1. The molecule has 3 nitrogen and oxygen atoms in total. The Kier molecular flexibility index (Phi) is 4.69. The maximum absolute atomic E-state index is 9.85. The molecule has 0 spiro atoms. The van der Waals surface area contributed by atoms with E-state index in [0.29, 0.717) is 13.0 Å². The van der Waals surface area contributed by atoms with Crippen LogP contribution >= 0.6 is 15.9 Å². The molecule has 1 aromatic heterocycles. The van der Waals surface area contributed by atoms with Crippen LogP contribution in [0.25, 0.3) is 0 Å². The smallest absolute Gasteiger partial charge is 0.0543 e. The van der Waals surface area contributed by atoms with Gasteiger partial charge in [-0.05, 0) is 39.5 Å². The van der Waals surface area contributed by atoms with Gasteiger partial charge in [0.2, 0.25) is 0 Å². The van der Waals surface area contributed by atoms with Crippen molar-refractivity contribution in [1.82, 2.24) is 4.98 Å². The number of aliphatic hydroxyl groups excluding tert-OH is 1. The third-order valence-corrected chi connectivity index (χ3v) is 3.82. The molecule has 4 heteroatoms. The van der Waals surface area contributed by atoms with Crippen LogP contribution in [0.5, 0.6) is 0 Å². The number of aliphatic hydroxyl groups is 1. The molecule has 0 radical (unpaired) electrons. The van der Waals surface area contributed by atoms with Crippen LogP contribution in [-0.2, 0) is 11.8 Å². The summed E-state index contributed by atoms with van der Waals surface area (Å²) >= 11 is 3.41. The molecule has 0 aliphatic rings. The molecule has 1 unspecified atom stereocenters. The molecule has 19 heavy (non-hydrogen) atoms. The highest BCUT2D eigenvalue weighted by Gasteiger charge is 2.30. The first-order valence-corrected chi connectivity index (χ1v) is 6.95. The standard InChI is InChI=1S/C15H17BrN2O/c16-14-6-12(8-18-9-14)7-15(10-17,11-19)13-4-2-1-3-5-13/h1-6,8-9,19H,7,10-11,17H2. The number of rotatable bonds is 5. The van der Waals surface area contributed by atoms with Crippen LogP contribution in [0, 0.1) is 0 Å². The summed E-state index contributed by atoms with van der Waals surface area (Å²) in [7, 11) is 0. The van der Waals surface area contributed by atoms with Crippen molar-refractivity contribution in [3.05, 3.63) is 64.4 Å². The summed E-state index contributed by atoms with van der Waals surface area (Å²) < 4.78 is 0.932. The van der Waals surface area contributed by atoms with Crippen LogP contribution in [0.2, 0.25) is 0 Å². The molecule has 100 valence electrons. The maximum Gasteiger partial charge on any atom is 0.0543 e. The second kappa shape index (κ2) is 6.28. The van der Waals surface area contributed by atoms with E-state index in [2.05, 4.69) is 20.9 Å². The van der Waals surface area contributed by atoms with Gasteiger partial charge in [0.15, 0.2) is 0 Å². The highest BCUT2D eigenvalue weighted by atomic mass is 79.9. The number of aromatic nitrogens is 1. The molecule has 0 saturated heterocycles. The third kappa shape index (κ3) is 3.21. The summed E-state index contributed by atoms with van der Waals surface area (Å²) in [5.74, 6) is 0. The first-order chi connectivity index (χ1) is 9.20. The Bertz CT molecular complexity index is 527. The van der Waals surface area contributed by atoms with Crippen LogP contribution in [-0.4, -0.2) is 23.2 Å². The molecule has 0 fully saturated rings. The minimum Gasteiger partial charge on any atom is -0.395 e. The van der Waals surface area contributed by atoms with Gasteiger partial charge in [-0.1, -0.05) is 30.3 Å². The topological polar surface area (TPSA) is 59.1 Å². The van der Waals surface area contributed by atoms with Crippen LogP contribution in [0.4, 0.5) is 0 Å². The molecule has 1 aromatic carbocycles. The summed E-state index contributed by atoms with van der Waals surface area (Å²) in [4.78, 5) is 4.16. The third-order valence-electron chi connectivity index (χ3n) is 3.38. The van der Waals surface area contributed by atoms with Gasteiger partial charge in [0, 0.05) is 28.8 Å². The van der Waals surface area contributed by atoms with Crippen molar-refractivity contribution in [3.8, 4) is 0 Å². The monoisotopic (exact) mass is 320 g/mol. The van der Waals surface area contributed by atoms with Gasteiger partial charge in [0.1, 0.15) is 0 Å². The Balaban J connectivity index is 2.35.